The number of aliphatic imine (C=N–C) groups is 1. The molecule has 0 bridgehead atoms. The lowest BCUT2D eigenvalue weighted by Crippen LogP contribution is -2.25. The fourth-order valence-corrected chi connectivity index (χ4v) is 4.17. The zero-order valence-corrected chi connectivity index (χ0v) is 17.7. The summed E-state index contributed by atoms with van der Waals surface area (Å²) >= 11 is 0. The number of rotatable bonds is 9. The largest absolute Gasteiger partial charge is 0.507 e. The van der Waals surface area contributed by atoms with E-state index in [1.807, 2.05) is 30.3 Å². The number of phenols is 1. The molecular weight excluding hydrogens is 368 g/mol. The van der Waals surface area contributed by atoms with Gasteiger partial charge >= 0.3 is 0 Å². The number of hydrogen-bond donors (Lipinski definition) is 1. The first-order valence-corrected chi connectivity index (χ1v) is 11.0. The molecular formula is C27H30N2O. The molecule has 154 valence electrons. The summed E-state index contributed by atoms with van der Waals surface area (Å²) in [6, 6.07) is 24.9. The van der Waals surface area contributed by atoms with Gasteiger partial charge in [-0.1, -0.05) is 55.5 Å². The van der Waals surface area contributed by atoms with E-state index in [2.05, 4.69) is 54.3 Å². The van der Waals surface area contributed by atoms with Gasteiger partial charge in [-0.15, -0.1) is 0 Å². The van der Waals surface area contributed by atoms with E-state index in [4.69, 9.17) is 4.99 Å². The molecule has 3 heteroatoms. The lowest BCUT2D eigenvalue weighted by Gasteiger charge is -2.25. The molecule has 4 rings (SSSR count). The third kappa shape index (κ3) is 4.73. The van der Waals surface area contributed by atoms with Crippen LogP contribution in [0.4, 0.5) is 11.4 Å². The predicted octanol–water partition coefficient (Wildman–Crippen LogP) is 6.31. The molecule has 0 atom stereocenters. The van der Waals surface area contributed by atoms with Crippen LogP contribution < -0.4 is 4.90 Å². The van der Waals surface area contributed by atoms with Crippen molar-refractivity contribution in [2.75, 3.05) is 18.0 Å². The van der Waals surface area contributed by atoms with Crippen molar-refractivity contribution in [1.82, 2.24) is 0 Å². The average Bonchev–Trinajstić information content (AvgIpc) is 3.20. The van der Waals surface area contributed by atoms with E-state index in [1.165, 1.54) is 17.5 Å². The minimum absolute atomic E-state index is 0.324. The predicted molar refractivity (Wildman–Crippen MR) is 126 cm³/mol. The van der Waals surface area contributed by atoms with Crippen LogP contribution in [0.2, 0.25) is 0 Å². The number of nitrogens with zero attached hydrogens (tertiary/aromatic N) is 2. The van der Waals surface area contributed by atoms with Crippen LogP contribution in [-0.4, -0.2) is 23.9 Å². The number of unbranched alkanes of at least 4 members (excludes halogenated alkanes) is 1. The van der Waals surface area contributed by atoms with E-state index in [1.54, 1.807) is 0 Å². The Balaban J connectivity index is 1.40. The smallest absolute Gasteiger partial charge is 0.126 e. The van der Waals surface area contributed by atoms with Gasteiger partial charge in [0, 0.05) is 36.8 Å². The van der Waals surface area contributed by atoms with Crippen molar-refractivity contribution >= 4 is 17.1 Å². The molecule has 0 saturated carbocycles. The van der Waals surface area contributed by atoms with Gasteiger partial charge in [0.15, 0.2) is 0 Å². The third-order valence-corrected chi connectivity index (χ3v) is 5.74. The van der Waals surface area contributed by atoms with Crippen LogP contribution in [-0.2, 0) is 12.8 Å². The first kappa shape index (κ1) is 20.2. The first-order valence-electron chi connectivity index (χ1n) is 11.0. The molecule has 0 spiro atoms. The summed E-state index contributed by atoms with van der Waals surface area (Å²) in [7, 11) is 0. The highest BCUT2D eigenvalue weighted by Crippen LogP contribution is 2.33. The van der Waals surface area contributed by atoms with Crippen molar-refractivity contribution in [2.24, 2.45) is 4.99 Å². The van der Waals surface area contributed by atoms with Crippen molar-refractivity contribution in [1.29, 1.82) is 0 Å². The molecule has 0 aromatic heterocycles. The highest BCUT2D eigenvalue weighted by atomic mass is 16.3. The van der Waals surface area contributed by atoms with Crippen molar-refractivity contribution in [3.8, 4) is 5.75 Å². The zero-order chi connectivity index (χ0) is 20.8. The Labute approximate surface area is 179 Å². The number of para-hydroxylation sites is 1. The third-order valence-electron chi connectivity index (χ3n) is 5.74. The summed E-state index contributed by atoms with van der Waals surface area (Å²) in [5, 5.41) is 10.8. The Morgan fingerprint density at radius 3 is 2.47 bits per heavy atom. The highest BCUT2D eigenvalue weighted by molar-refractivity contribution is 6.08. The van der Waals surface area contributed by atoms with E-state index >= 15 is 0 Å². The van der Waals surface area contributed by atoms with Crippen LogP contribution in [0.1, 0.15) is 42.9 Å². The van der Waals surface area contributed by atoms with Gasteiger partial charge in [0.05, 0.1) is 11.4 Å². The molecule has 1 aliphatic heterocycles. The molecule has 0 aliphatic carbocycles. The number of phenolic OH excluding ortho intramolecular Hbond substituents is 1. The summed E-state index contributed by atoms with van der Waals surface area (Å²) in [5.41, 5.74) is 6.53. The normalized spacial score (nSPS) is 12.5. The Bertz CT molecular complexity index is 1010. The second kappa shape index (κ2) is 9.62. The van der Waals surface area contributed by atoms with Gasteiger partial charge in [0.2, 0.25) is 0 Å². The molecule has 1 heterocycles. The maximum atomic E-state index is 10.8. The topological polar surface area (TPSA) is 35.8 Å². The van der Waals surface area contributed by atoms with Gasteiger partial charge in [0.25, 0.3) is 0 Å². The quantitative estimate of drug-likeness (QED) is 0.429. The summed E-state index contributed by atoms with van der Waals surface area (Å²) in [6.45, 7) is 4.21. The molecule has 30 heavy (non-hydrogen) atoms. The van der Waals surface area contributed by atoms with E-state index < -0.39 is 0 Å². The van der Waals surface area contributed by atoms with Crippen molar-refractivity contribution < 1.29 is 5.11 Å². The molecule has 3 aromatic carbocycles. The minimum atomic E-state index is 0.324. The zero-order valence-electron chi connectivity index (χ0n) is 17.7. The minimum Gasteiger partial charge on any atom is -0.507 e. The number of anilines is 1. The standard InChI is InChI=1S/C27H30N2O/c1-2-17-29(18-9-8-12-21-10-4-3-5-11-21)23-15-16-24(27(30)20-23)26-19-22-13-6-7-14-25(22)28-26/h3-7,10-11,13-16,20,30H,2,8-9,12,17-19H2,1H3. The van der Waals surface area contributed by atoms with Crippen molar-refractivity contribution in [2.45, 2.75) is 39.0 Å². The van der Waals surface area contributed by atoms with E-state index in [0.29, 0.717) is 5.75 Å². The Hall–Kier alpha value is -3.07. The summed E-state index contributed by atoms with van der Waals surface area (Å²) < 4.78 is 0. The summed E-state index contributed by atoms with van der Waals surface area (Å²) in [4.78, 5) is 7.11. The number of hydrogen-bond acceptors (Lipinski definition) is 3. The molecule has 0 unspecified atom stereocenters. The number of aromatic hydroxyl groups is 1. The fraction of sp³-hybridized carbons (Fsp3) is 0.296. The Morgan fingerprint density at radius 1 is 0.900 bits per heavy atom. The average molecular weight is 399 g/mol. The molecule has 0 radical (unpaired) electrons. The van der Waals surface area contributed by atoms with Crippen LogP contribution in [0, 0.1) is 0 Å². The number of fused-ring (bicyclic) bond motifs is 1. The maximum absolute atomic E-state index is 10.8. The first-order chi connectivity index (χ1) is 14.7. The van der Waals surface area contributed by atoms with Gasteiger partial charge in [-0.05, 0) is 55.0 Å². The molecule has 3 nitrogen and oxygen atoms in total. The molecule has 1 aliphatic rings. The van der Waals surface area contributed by atoms with E-state index in [0.717, 1.165) is 61.4 Å². The van der Waals surface area contributed by atoms with E-state index in [9.17, 15) is 5.11 Å². The molecule has 3 aromatic rings. The summed E-state index contributed by atoms with van der Waals surface area (Å²) in [5.74, 6) is 0.324. The van der Waals surface area contributed by atoms with Crippen LogP contribution in [0.3, 0.4) is 0 Å². The second-order valence-electron chi connectivity index (χ2n) is 8.00. The molecule has 0 saturated heterocycles. The van der Waals surface area contributed by atoms with Crippen molar-refractivity contribution in [3.05, 3.63) is 89.5 Å². The molecule has 0 fully saturated rings. The molecule has 0 amide bonds. The Morgan fingerprint density at radius 2 is 1.70 bits per heavy atom. The van der Waals surface area contributed by atoms with Crippen LogP contribution >= 0.6 is 0 Å². The number of benzene rings is 3. The van der Waals surface area contributed by atoms with Crippen LogP contribution in [0.25, 0.3) is 0 Å². The lowest BCUT2D eigenvalue weighted by atomic mass is 10.0. The second-order valence-corrected chi connectivity index (χ2v) is 8.00. The lowest BCUT2D eigenvalue weighted by molar-refractivity contribution is 0.474. The van der Waals surface area contributed by atoms with Crippen LogP contribution in [0.5, 0.6) is 5.75 Å². The van der Waals surface area contributed by atoms with Crippen molar-refractivity contribution in [3.63, 3.8) is 0 Å². The summed E-state index contributed by atoms with van der Waals surface area (Å²) in [6.07, 6.45) is 5.29. The highest BCUT2D eigenvalue weighted by Gasteiger charge is 2.19. The van der Waals surface area contributed by atoms with Crippen LogP contribution in [0.15, 0.2) is 77.8 Å². The monoisotopic (exact) mass is 398 g/mol. The van der Waals surface area contributed by atoms with Gasteiger partial charge in [0.1, 0.15) is 5.75 Å². The maximum Gasteiger partial charge on any atom is 0.126 e. The molecule has 1 N–H and O–H groups in total. The van der Waals surface area contributed by atoms with Gasteiger partial charge in [-0.2, -0.15) is 0 Å². The fourth-order valence-electron chi connectivity index (χ4n) is 4.17. The Kier molecular flexibility index (Phi) is 6.48. The number of aryl methyl sites for hydroxylation is 1. The van der Waals surface area contributed by atoms with Gasteiger partial charge < -0.3 is 10.0 Å². The SMILES string of the molecule is CCCN(CCCCc1ccccc1)c1ccc(C2=Nc3ccccc3C2)c(O)c1. The van der Waals surface area contributed by atoms with Gasteiger partial charge in [-0.3, -0.25) is 4.99 Å². The van der Waals surface area contributed by atoms with E-state index in [-0.39, 0.29) is 0 Å². The van der Waals surface area contributed by atoms with Gasteiger partial charge in [-0.25, -0.2) is 0 Å².